The van der Waals surface area contributed by atoms with E-state index >= 15 is 0 Å². The molecule has 37 heavy (non-hydrogen) atoms. The summed E-state index contributed by atoms with van der Waals surface area (Å²) in [5.41, 5.74) is 3.15. The number of morpholine rings is 1. The number of nitrogens with one attached hydrogen (secondary N) is 1. The van der Waals surface area contributed by atoms with E-state index in [4.69, 9.17) is 14.6 Å². The Morgan fingerprint density at radius 1 is 1.22 bits per heavy atom. The van der Waals surface area contributed by atoms with Crippen molar-refractivity contribution in [1.82, 2.24) is 9.88 Å². The van der Waals surface area contributed by atoms with Crippen molar-refractivity contribution in [3.63, 3.8) is 0 Å². The largest absolute Gasteiger partial charge is 0.522 e. The molecule has 202 valence electrons. The lowest BCUT2D eigenvalue weighted by atomic mass is 10.0. The normalized spacial score (nSPS) is 18.2. The van der Waals surface area contributed by atoms with Crippen molar-refractivity contribution < 1.29 is 37.3 Å². The van der Waals surface area contributed by atoms with E-state index in [-0.39, 0.29) is 26.1 Å². The molecule has 0 unspecified atom stereocenters. The number of hydrogen-bond donors (Lipinski definition) is 2. The minimum Gasteiger partial charge on any atom is -0.478 e. The Kier molecular flexibility index (Phi) is 8.72. The molecular weight excluding hydrogens is 493 g/mol. The van der Waals surface area contributed by atoms with Crippen LogP contribution in [0.5, 0.6) is 5.88 Å². The van der Waals surface area contributed by atoms with E-state index in [2.05, 4.69) is 19.9 Å². The number of aryl methyl sites for hydroxylation is 1. The second-order valence-electron chi connectivity index (χ2n) is 8.96. The van der Waals surface area contributed by atoms with Crippen molar-refractivity contribution in [2.45, 2.75) is 32.2 Å². The highest BCUT2D eigenvalue weighted by Crippen LogP contribution is 2.32. The third-order valence-corrected chi connectivity index (χ3v) is 6.21. The number of alkyl halides is 3. The summed E-state index contributed by atoms with van der Waals surface area (Å²) < 4.78 is 52.8. The Morgan fingerprint density at radius 3 is 2.73 bits per heavy atom. The first kappa shape index (κ1) is 27.0. The third-order valence-electron chi connectivity index (χ3n) is 6.21. The molecule has 2 saturated heterocycles. The summed E-state index contributed by atoms with van der Waals surface area (Å²) >= 11 is 0. The van der Waals surface area contributed by atoms with Gasteiger partial charge in [-0.3, -0.25) is 4.74 Å². The van der Waals surface area contributed by atoms with Crippen LogP contribution in [0.3, 0.4) is 0 Å². The number of benzene rings is 1. The Labute approximate surface area is 213 Å². The lowest BCUT2D eigenvalue weighted by Gasteiger charge is -2.28. The molecule has 0 spiro atoms. The van der Waals surface area contributed by atoms with E-state index in [0.717, 1.165) is 22.5 Å². The van der Waals surface area contributed by atoms with Crippen LogP contribution in [0.4, 0.5) is 29.5 Å². The Hall–Kier alpha value is -3.09. The van der Waals surface area contributed by atoms with Crippen LogP contribution in [0, 0.1) is 6.92 Å². The molecule has 0 saturated carbocycles. The number of amides is 2. The van der Waals surface area contributed by atoms with Gasteiger partial charge in [0.15, 0.2) is 0 Å². The first-order valence-electron chi connectivity index (χ1n) is 12.2. The van der Waals surface area contributed by atoms with Crippen LogP contribution in [0.1, 0.15) is 18.4 Å². The lowest BCUT2D eigenvalue weighted by Crippen LogP contribution is -2.36. The number of hydrogen-bond acceptors (Lipinski definition) is 7. The molecule has 2 aromatic rings. The summed E-state index contributed by atoms with van der Waals surface area (Å²) in [6.45, 7) is 4.89. The van der Waals surface area contributed by atoms with Crippen molar-refractivity contribution in [1.29, 1.82) is 0 Å². The van der Waals surface area contributed by atoms with Gasteiger partial charge >= 0.3 is 12.4 Å². The van der Waals surface area contributed by atoms with Gasteiger partial charge in [-0.15, -0.1) is 13.2 Å². The molecule has 2 fully saturated rings. The predicted molar refractivity (Wildman–Crippen MR) is 131 cm³/mol. The fraction of sp³-hybridized carbons (Fsp3) is 0.520. The van der Waals surface area contributed by atoms with Gasteiger partial charge in [-0.25, -0.2) is 4.79 Å². The highest BCUT2D eigenvalue weighted by molar-refractivity contribution is 5.90. The second kappa shape index (κ2) is 12.0. The Bertz CT molecular complexity index is 1080. The number of aliphatic hydroxyl groups is 1. The molecule has 2 aliphatic rings. The number of urea groups is 1. The van der Waals surface area contributed by atoms with Gasteiger partial charge in [0.2, 0.25) is 5.88 Å². The number of aromatic nitrogens is 1. The number of pyridine rings is 1. The van der Waals surface area contributed by atoms with Crippen LogP contribution >= 0.6 is 0 Å². The molecule has 0 aliphatic carbocycles. The van der Waals surface area contributed by atoms with Gasteiger partial charge in [0, 0.05) is 51.0 Å². The fourth-order valence-electron chi connectivity index (χ4n) is 4.33. The second-order valence-corrected chi connectivity index (χ2v) is 8.96. The smallest absolute Gasteiger partial charge is 0.478 e. The van der Waals surface area contributed by atoms with Crippen molar-refractivity contribution in [2.75, 3.05) is 62.8 Å². The Balaban J connectivity index is 1.53. The summed E-state index contributed by atoms with van der Waals surface area (Å²) in [4.78, 5) is 20.8. The molecule has 1 aromatic carbocycles. The molecule has 9 nitrogen and oxygen atoms in total. The Morgan fingerprint density at radius 2 is 2.00 bits per heavy atom. The number of anilines is 2. The van der Waals surface area contributed by atoms with Gasteiger partial charge in [0.1, 0.15) is 5.82 Å². The first-order valence-corrected chi connectivity index (χ1v) is 12.2. The van der Waals surface area contributed by atoms with Crippen molar-refractivity contribution >= 4 is 17.5 Å². The van der Waals surface area contributed by atoms with E-state index in [1.807, 2.05) is 31.2 Å². The number of nitrogens with zero attached hydrogens (tertiary/aromatic N) is 3. The monoisotopic (exact) mass is 524 g/mol. The molecule has 1 aromatic heterocycles. The summed E-state index contributed by atoms with van der Waals surface area (Å²) in [5.74, 6) is 1.16. The van der Waals surface area contributed by atoms with Crippen LogP contribution in [0.25, 0.3) is 11.1 Å². The zero-order valence-corrected chi connectivity index (χ0v) is 20.6. The first-order chi connectivity index (χ1) is 17.7. The van der Waals surface area contributed by atoms with E-state index in [1.54, 1.807) is 6.07 Å². The topological polar surface area (TPSA) is 96.4 Å². The SMILES string of the molecule is Cc1ccc(NC(=O)N2CC[C@H](OC(F)(F)F)C2)cc1-c1cc(OCCCO)nc(N2CCOCC2)c1. The fourth-order valence-corrected chi connectivity index (χ4v) is 4.33. The predicted octanol–water partition coefficient (Wildman–Crippen LogP) is 3.80. The zero-order chi connectivity index (χ0) is 26.4. The number of carbonyl (C=O) groups is 1. The molecule has 12 heteroatoms. The number of rotatable bonds is 8. The molecule has 3 heterocycles. The molecule has 1 atom stereocenters. The van der Waals surface area contributed by atoms with Crippen LogP contribution in [0.15, 0.2) is 30.3 Å². The van der Waals surface area contributed by atoms with E-state index in [1.165, 1.54) is 4.90 Å². The molecular formula is C25H31F3N4O5. The molecule has 2 amide bonds. The molecule has 4 rings (SSSR count). The maximum absolute atomic E-state index is 12.7. The van der Waals surface area contributed by atoms with E-state index in [9.17, 15) is 18.0 Å². The zero-order valence-electron chi connectivity index (χ0n) is 20.6. The van der Waals surface area contributed by atoms with Gasteiger partial charge in [-0.05, 0) is 48.2 Å². The summed E-state index contributed by atoms with van der Waals surface area (Å²) in [7, 11) is 0. The van der Waals surface area contributed by atoms with Gasteiger partial charge < -0.3 is 29.7 Å². The van der Waals surface area contributed by atoms with E-state index in [0.29, 0.717) is 50.9 Å². The average Bonchev–Trinajstić information content (AvgIpc) is 3.33. The quantitative estimate of drug-likeness (QED) is 0.507. The highest BCUT2D eigenvalue weighted by Gasteiger charge is 2.37. The molecule has 2 aliphatic heterocycles. The van der Waals surface area contributed by atoms with Crippen molar-refractivity contribution in [2.24, 2.45) is 0 Å². The molecule has 0 bridgehead atoms. The maximum atomic E-state index is 12.7. The molecule has 0 radical (unpaired) electrons. The van der Waals surface area contributed by atoms with Crippen molar-refractivity contribution in [3.05, 3.63) is 35.9 Å². The summed E-state index contributed by atoms with van der Waals surface area (Å²) in [5, 5.41) is 11.9. The third kappa shape index (κ3) is 7.46. The van der Waals surface area contributed by atoms with Gasteiger partial charge in [0.05, 0.1) is 25.9 Å². The van der Waals surface area contributed by atoms with E-state index < -0.39 is 18.5 Å². The van der Waals surface area contributed by atoms with Gasteiger partial charge in [0.25, 0.3) is 0 Å². The number of ether oxygens (including phenoxy) is 3. The standard InChI is InChI=1S/C25H31F3N4O5/c1-17-3-4-19(29-24(34)32-6-5-20(16-32)37-25(26,27)28)15-21(17)18-13-22(31-7-11-35-12-8-31)30-23(14-18)36-10-2-9-33/h3-4,13-15,20,33H,2,5-12,16H2,1H3,(H,29,34)/t20-/m0/s1. The number of halogens is 3. The van der Waals surface area contributed by atoms with Crippen molar-refractivity contribution in [3.8, 4) is 17.0 Å². The van der Waals surface area contributed by atoms with Gasteiger partial charge in [-0.1, -0.05) is 6.07 Å². The van der Waals surface area contributed by atoms with Crippen LogP contribution in [0.2, 0.25) is 0 Å². The summed E-state index contributed by atoms with van der Waals surface area (Å²) in [6.07, 6.45) is -5.20. The highest BCUT2D eigenvalue weighted by atomic mass is 19.4. The summed E-state index contributed by atoms with van der Waals surface area (Å²) in [6, 6.07) is 8.72. The van der Waals surface area contributed by atoms with Gasteiger partial charge in [-0.2, -0.15) is 4.98 Å². The minimum atomic E-state index is -4.73. The minimum absolute atomic E-state index is 0.0109. The number of carbonyl (C=O) groups excluding carboxylic acids is 1. The lowest BCUT2D eigenvalue weighted by molar-refractivity contribution is -0.340. The average molecular weight is 525 g/mol. The molecule has 2 N–H and O–H groups in total. The maximum Gasteiger partial charge on any atom is 0.522 e. The van der Waals surface area contributed by atoms with Crippen LogP contribution < -0.4 is 15.0 Å². The van der Waals surface area contributed by atoms with Crippen LogP contribution in [-0.2, 0) is 9.47 Å². The number of aliphatic hydroxyl groups excluding tert-OH is 1. The number of likely N-dealkylation sites (tertiary alicyclic amines) is 1. The van der Waals surface area contributed by atoms with Crippen LogP contribution in [-0.4, -0.2) is 86.1 Å².